The molecule has 1 aromatic rings. The van der Waals surface area contributed by atoms with Crippen LogP contribution in [0.15, 0.2) is 6.07 Å². The van der Waals surface area contributed by atoms with Crippen molar-refractivity contribution < 1.29 is 4.74 Å². The smallest absolute Gasteiger partial charge is 0.132 e. The Hall–Kier alpha value is -1.20. The molecule has 5 heteroatoms. The van der Waals surface area contributed by atoms with Crippen molar-refractivity contribution in [3.8, 4) is 0 Å². The molecule has 1 aliphatic heterocycles. The molecule has 1 fully saturated rings. The normalized spacial score (nSPS) is 20.2. The van der Waals surface area contributed by atoms with Gasteiger partial charge in [0.1, 0.15) is 11.6 Å². The van der Waals surface area contributed by atoms with Gasteiger partial charge < -0.3 is 15.0 Å². The molecule has 0 spiro atoms. The van der Waals surface area contributed by atoms with Crippen LogP contribution in [0.1, 0.15) is 18.4 Å². The fourth-order valence-electron chi connectivity index (χ4n) is 2.30. The Morgan fingerprint density at radius 3 is 3.06 bits per heavy atom. The van der Waals surface area contributed by atoms with Crippen molar-refractivity contribution in [1.82, 2.24) is 15.3 Å². The van der Waals surface area contributed by atoms with Gasteiger partial charge in [-0.15, -0.1) is 0 Å². The number of likely N-dealkylation sites (N-methyl/N-ethyl adjacent to an activating group) is 1. The molecule has 0 aliphatic carbocycles. The van der Waals surface area contributed by atoms with Gasteiger partial charge in [0.2, 0.25) is 0 Å². The highest BCUT2D eigenvalue weighted by atomic mass is 16.5. The lowest BCUT2D eigenvalue weighted by atomic mass is 10.2. The van der Waals surface area contributed by atoms with Crippen LogP contribution in [0.4, 0.5) is 5.82 Å². The topological polar surface area (TPSA) is 50.3 Å². The van der Waals surface area contributed by atoms with Crippen molar-refractivity contribution in [2.75, 3.05) is 38.3 Å². The largest absolute Gasteiger partial charge is 0.377 e. The van der Waals surface area contributed by atoms with Crippen molar-refractivity contribution in [2.45, 2.75) is 26.3 Å². The predicted octanol–water partition coefficient (Wildman–Crippen LogP) is 0.772. The zero-order chi connectivity index (χ0) is 13.0. The Bertz CT molecular complexity index is 395. The first-order valence-corrected chi connectivity index (χ1v) is 6.58. The van der Waals surface area contributed by atoms with E-state index in [-0.39, 0.29) is 0 Å². The molecule has 1 aromatic heterocycles. The van der Waals surface area contributed by atoms with Gasteiger partial charge in [-0.25, -0.2) is 9.97 Å². The molecular formula is C13H22N4O. The van der Waals surface area contributed by atoms with E-state index in [1.165, 1.54) is 0 Å². The minimum Gasteiger partial charge on any atom is -0.377 e. The Balaban J connectivity index is 2.24. The van der Waals surface area contributed by atoms with Gasteiger partial charge in [-0.2, -0.15) is 0 Å². The number of rotatable bonds is 4. The number of anilines is 1. The zero-order valence-electron chi connectivity index (χ0n) is 11.4. The van der Waals surface area contributed by atoms with Crippen LogP contribution in [0.25, 0.3) is 0 Å². The monoisotopic (exact) mass is 250 g/mol. The Labute approximate surface area is 109 Å². The summed E-state index contributed by atoms with van der Waals surface area (Å²) in [6.45, 7) is 7.40. The van der Waals surface area contributed by atoms with Crippen LogP contribution in [-0.4, -0.2) is 49.4 Å². The lowest BCUT2D eigenvalue weighted by molar-refractivity contribution is 0.0939. The molecule has 2 rings (SSSR count). The standard InChI is InChI=1S/C13H22N4O/c1-4-11-7-13(16-10(2)15-11)17-5-6-18-9-12(17)8-14-3/h7,12,14H,4-6,8-9H2,1-3H3. The van der Waals surface area contributed by atoms with Crippen molar-refractivity contribution in [1.29, 1.82) is 0 Å². The average Bonchev–Trinajstić information content (AvgIpc) is 2.39. The van der Waals surface area contributed by atoms with Crippen LogP contribution in [0.2, 0.25) is 0 Å². The summed E-state index contributed by atoms with van der Waals surface area (Å²) in [6, 6.07) is 2.45. The van der Waals surface area contributed by atoms with E-state index in [2.05, 4.69) is 33.2 Å². The van der Waals surface area contributed by atoms with Crippen LogP contribution in [0.3, 0.4) is 0 Å². The van der Waals surface area contributed by atoms with E-state index in [9.17, 15) is 0 Å². The minimum absolute atomic E-state index is 0.350. The van der Waals surface area contributed by atoms with E-state index in [4.69, 9.17) is 4.74 Å². The van der Waals surface area contributed by atoms with Crippen molar-refractivity contribution in [3.05, 3.63) is 17.6 Å². The molecule has 5 nitrogen and oxygen atoms in total. The van der Waals surface area contributed by atoms with Gasteiger partial charge in [-0.1, -0.05) is 6.92 Å². The maximum atomic E-state index is 5.55. The van der Waals surface area contributed by atoms with Crippen LogP contribution in [-0.2, 0) is 11.2 Å². The highest BCUT2D eigenvalue weighted by Crippen LogP contribution is 2.18. The molecule has 100 valence electrons. The molecule has 0 aromatic carbocycles. The number of hydrogen-bond donors (Lipinski definition) is 1. The summed E-state index contributed by atoms with van der Waals surface area (Å²) in [6.07, 6.45) is 0.942. The lowest BCUT2D eigenvalue weighted by Crippen LogP contribution is -2.50. The number of nitrogens with zero attached hydrogens (tertiary/aromatic N) is 3. The minimum atomic E-state index is 0.350. The van der Waals surface area contributed by atoms with E-state index < -0.39 is 0 Å². The average molecular weight is 250 g/mol. The zero-order valence-corrected chi connectivity index (χ0v) is 11.4. The Morgan fingerprint density at radius 1 is 1.50 bits per heavy atom. The highest BCUT2D eigenvalue weighted by Gasteiger charge is 2.24. The molecule has 1 N–H and O–H groups in total. The summed E-state index contributed by atoms with van der Waals surface area (Å²) < 4.78 is 5.55. The summed E-state index contributed by atoms with van der Waals surface area (Å²) in [4.78, 5) is 11.3. The maximum absolute atomic E-state index is 5.55. The molecule has 0 amide bonds. The molecule has 1 atom stereocenters. The third-order valence-corrected chi connectivity index (χ3v) is 3.20. The quantitative estimate of drug-likeness (QED) is 0.855. The molecule has 0 radical (unpaired) electrons. The first-order chi connectivity index (χ1) is 8.74. The van der Waals surface area contributed by atoms with Gasteiger partial charge in [0.15, 0.2) is 0 Å². The van der Waals surface area contributed by atoms with Crippen LogP contribution in [0.5, 0.6) is 0 Å². The molecule has 1 aliphatic rings. The Morgan fingerprint density at radius 2 is 2.33 bits per heavy atom. The summed E-state index contributed by atoms with van der Waals surface area (Å²) >= 11 is 0. The fraction of sp³-hybridized carbons (Fsp3) is 0.692. The maximum Gasteiger partial charge on any atom is 0.132 e. The van der Waals surface area contributed by atoms with Gasteiger partial charge in [0.05, 0.1) is 19.3 Å². The molecule has 0 bridgehead atoms. The van der Waals surface area contributed by atoms with Gasteiger partial charge >= 0.3 is 0 Å². The first kappa shape index (κ1) is 13.2. The van der Waals surface area contributed by atoms with Crippen molar-refractivity contribution in [2.24, 2.45) is 0 Å². The van der Waals surface area contributed by atoms with Gasteiger partial charge in [-0.3, -0.25) is 0 Å². The number of aromatic nitrogens is 2. The lowest BCUT2D eigenvalue weighted by Gasteiger charge is -2.36. The predicted molar refractivity (Wildman–Crippen MR) is 72.0 cm³/mol. The molecule has 0 saturated carbocycles. The van der Waals surface area contributed by atoms with E-state index >= 15 is 0 Å². The summed E-state index contributed by atoms with van der Waals surface area (Å²) in [5.41, 5.74) is 1.10. The number of ether oxygens (including phenoxy) is 1. The second kappa shape index (κ2) is 6.11. The van der Waals surface area contributed by atoms with E-state index in [0.29, 0.717) is 6.04 Å². The summed E-state index contributed by atoms with van der Waals surface area (Å²) in [5.74, 6) is 1.88. The second-order valence-corrected chi connectivity index (χ2v) is 4.60. The molecule has 2 heterocycles. The van der Waals surface area contributed by atoms with Gasteiger partial charge in [0.25, 0.3) is 0 Å². The fourth-order valence-corrected chi connectivity index (χ4v) is 2.30. The second-order valence-electron chi connectivity index (χ2n) is 4.60. The number of hydrogen-bond acceptors (Lipinski definition) is 5. The molecule has 18 heavy (non-hydrogen) atoms. The van der Waals surface area contributed by atoms with Crippen LogP contribution < -0.4 is 10.2 Å². The van der Waals surface area contributed by atoms with Gasteiger partial charge in [-0.05, 0) is 20.4 Å². The van der Waals surface area contributed by atoms with E-state index in [1.54, 1.807) is 0 Å². The SMILES string of the molecule is CCc1cc(N2CCOCC2CNC)nc(C)n1. The highest BCUT2D eigenvalue weighted by molar-refractivity contribution is 5.42. The number of nitrogens with one attached hydrogen (secondary N) is 1. The first-order valence-electron chi connectivity index (χ1n) is 6.58. The molecule has 1 saturated heterocycles. The van der Waals surface area contributed by atoms with E-state index in [1.807, 2.05) is 14.0 Å². The molecular weight excluding hydrogens is 228 g/mol. The third kappa shape index (κ3) is 2.97. The number of aryl methyl sites for hydroxylation is 2. The number of morpholine rings is 1. The van der Waals surface area contributed by atoms with Crippen molar-refractivity contribution >= 4 is 5.82 Å². The van der Waals surface area contributed by atoms with Crippen LogP contribution >= 0.6 is 0 Å². The third-order valence-electron chi connectivity index (χ3n) is 3.20. The Kier molecular flexibility index (Phi) is 4.49. The molecule has 1 unspecified atom stereocenters. The van der Waals surface area contributed by atoms with Crippen LogP contribution in [0, 0.1) is 6.92 Å². The summed E-state index contributed by atoms with van der Waals surface area (Å²) in [5, 5.41) is 3.22. The van der Waals surface area contributed by atoms with E-state index in [0.717, 1.165) is 50.1 Å². The van der Waals surface area contributed by atoms with Gasteiger partial charge in [0, 0.05) is 24.8 Å². The summed E-state index contributed by atoms with van der Waals surface area (Å²) in [7, 11) is 1.97. The van der Waals surface area contributed by atoms with Crippen molar-refractivity contribution in [3.63, 3.8) is 0 Å².